The molecule has 0 aliphatic carbocycles. The van der Waals surface area contributed by atoms with E-state index in [9.17, 15) is 29.1 Å². The van der Waals surface area contributed by atoms with Gasteiger partial charge in [0.05, 0.1) is 6.54 Å². The molecule has 17 nitrogen and oxygen atoms in total. The van der Waals surface area contributed by atoms with E-state index in [1.54, 1.807) is 12.1 Å². The quantitative estimate of drug-likeness (QED) is 0.0585. The normalized spacial score (nSPS) is 20.0. The minimum Gasteiger partial charge on any atom is -0.508 e. The lowest BCUT2D eigenvalue weighted by Crippen LogP contribution is -2.58. The Morgan fingerprint density at radius 3 is 1.70 bits per heavy atom. The predicted octanol–water partition coefficient (Wildman–Crippen LogP) is -1.49. The van der Waals surface area contributed by atoms with Crippen LogP contribution in [-0.4, -0.2) is 90.4 Å². The summed E-state index contributed by atoms with van der Waals surface area (Å²) in [5.74, 6) is -3.65. The second kappa shape index (κ2) is 19.3. The summed E-state index contributed by atoms with van der Waals surface area (Å²) >= 11 is 0. The van der Waals surface area contributed by atoms with Gasteiger partial charge in [0.15, 0.2) is 11.9 Å². The van der Waals surface area contributed by atoms with Crippen molar-refractivity contribution in [1.29, 1.82) is 0 Å². The number of hydrogen-bond donors (Lipinski definition) is 10. The molecule has 0 unspecified atom stereocenters. The van der Waals surface area contributed by atoms with Gasteiger partial charge >= 0.3 is 0 Å². The number of carbonyl (C=O) groups is 5. The molecule has 3 aromatic carbocycles. The molecule has 0 radical (unpaired) electrons. The second-order valence-electron chi connectivity index (χ2n) is 12.7. The Kier molecular flexibility index (Phi) is 14.3. The summed E-state index contributed by atoms with van der Waals surface area (Å²) in [6.07, 6.45) is 0.794. The molecule has 4 rings (SSSR count). The zero-order valence-electron chi connectivity index (χ0n) is 29.2. The van der Waals surface area contributed by atoms with Gasteiger partial charge in [-0.3, -0.25) is 34.0 Å². The van der Waals surface area contributed by atoms with E-state index in [0.717, 1.165) is 16.3 Å². The first-order valence-corrected chi connectivity index (χ1v) is 17.2. The number of amides is 5. The lowest BCUT2D eigenvalue weighted by molar-refractivity contribution is -0.134. The molecule has 1 heterocycles. The number of rotatable bonds is 12. The van der Waals surface area contributed by atoms with E-state index in [4.69, 9.17) is 22.9 Å². The molecule has 14 N–H and O–H groups in total. The molecule has 3 aromatic rings. The molecule has 0 aromatic heterocycles. The third-order valence-corrected chi connectivity index (χ3v) is 8.49. The number of benzene rings is 3. The minimum atomic E-state index is -1.20. The highest BCUT2D eigenvalue weighted by molar-refractivity contribution is 5.97. The fourth-order valence-corrected chi connectivity index (χ4v) is 5.79. The molecule has 53 heavy (non-hydrogen) atoms. The Morgan fingerprint density at radius 1 is 0.604 bits per heavy atom. The fraction of sp³-hybridized carbons (Fsp3) is 0.361. The Bertz CT molecular complexity index is 1820. The molecule has 0 saturated carbocycles. The Labute approximate surface area is 306 Å². The number of aromatic hydroxyl groups is 1. The van der Waals surface area contributed by atoms with Gasteiger partial charge in [0.2, 0.25) is 29.5 Å². The van der Waals surface area contributed by atoms with Crippen LogP contribution in [0.3, 0.4) is 0 Å². The number of fused-ring (bicyclic) bond motifs is 1. The second-order valence-corrected chi connectivity index (χ2v) is 12.7. The molecule has 0 bridgehead atoms. The maximum absolute atomic E-state index is 14.1. The number of aliphatic imine (C=N–C) groups is 2. The van der Waals surface area contributed by atoms with Gasteiger partial charge in [0.25, 0.3) is 0 Å². The lowest BCUT2D eigenvalue weighted by Gasteiger charge is -2.26. The van der Waals surface area contributed by atoms with E-state index in [-0.39, 0.29) is 62.9 Å². The highest BCUT2D eigenvalue weighted by Gasteiger charge is 2.32. The molecule has 1 saturated heterocycles. The average molecular weight is 730 g/mol. The summed E-state index contributed by atoms with van der Waals surface area (Å²) in [5, 5.41) is 25.1. The van der Waals surface area contributed by atoms with Crippen molar-refractivity contribution in [1.82, 2.24) is 26.6 Å². The Balaban J connectivity index is 1.70. The summed E-state index contributed by atoms with van der Waals surface area (Å²) in [6, 6.07) is 14.7. The zero-order valence-corrected chi connectivity index (χ0v) is 29.2. The number of guanidine groups is 2. The van der Waals surface area contributed by atoms with E-state index in [0.29, 0.717) is 12.0 Å². The number of carbonyl (C=O) groups excluding carboxylic acids is 5. The summed E-state index contributed by atoms with van der Waals surface area (Å²) in [5.41, 5.74) is 23.1. The Hall–Kier alpha value is -6.39. The molecule has 1 fully saturated rings. The van der Waals surface area contributed by atoms with Crippen molar-refractivity contribution < 1.29 is 29.1 Å². The third-order valence-electron chi connectivity index (χ3n) is 8.49. The Morgan fingerprint density at radius 2 is 1.09 bits per heavy atom. The van der Waals surface area contributed by atoms with Gasteiger partial charge in [-0.2, -0.15) is 0 Å². The fourth-order valence-electron chi connectivity index (χ4n) is 5.79. The number of nitrogens with one attached hydrogen (secondary N) is 5. The minimum absolute atomic E-state index is 0.00299. The summed E-state index contributed by atoms with van der Waals surface area (Å²) in [6.45, 7) is -0.184. The van der Waals surface area contributed by atoms with E-state index in [1.807, 2.05) is 42.5 Å². The maximum atomic E-state index is 14.1. The molecular weight excluding hydrogens is 682 g/mol. The number of nitrogens with two attached hydrogens (primary N) is 4. The predicted molar refractivity (Wildman–Crippen MR) is 200 cm³/mol. The van der Waals surface area contributed by atoms with Crippen molar-refractivity contribution in [3.8, 4) is 5.75 Å². The highest BCUT2D eigenvalue weighted by atomic mass is 16.3. The number of phenolic OH excluding ortho intramolecular Hbond substituents is 1. The molecule has 4 atom stereocenters. The van der Waals surface area contributed by atoms with Crippen LogP contribution in [-0.2, 0) is 36.8 Å². The van der Waals surface area contributed by atoms with E-state index >= 15 is 0 Å². The van der Waals surface area contributed by atoms with Crippen molar-refractivity contribution in [3.05, 3.63) is 77.9 Å². The van der Waals surface area contributed by atoms with Gasteiger partial charge in [-0.1, -0.05) is 54.6 Å². The third kappa shape index (κ3) is 12.7. The molecule has 0 spiro atoms. The standard InChI is InChI=1S/C36H47N11O6/c37-35(38)41-15-3-7-26-31(50)43-20-30(49)44-28(18-21-10-13-25(48)14-11-21)33(52)47-29(19-22-9-12-23-5-1-2-6-24(23)17-22)34(53)46-27(32(51)45-26)8-4-16-42-36(39)40/h1-2,5-6,9-14,17,26-29,48H,3-4,7-8,15-16,18-20H2,(H,43,50)(H,44,49)(H,45,51)(H,46,53)(H,47,52)(H4,37,38,41)(H4,39,40,42)/t26-,27-,28-,29+/m0/s1. The smallest absolute Gasteiger partial charge is 0.243 e. The van der Waals surface area contributed by atoms with Crippen LogP contribution in [0.15, 0.2) is 76.7 Å². The molecular formula is C36H47N11O6. The van der Waals surface area contributed by atoms with Crippen LogP contribution in [0, 0.1) is 0 Å². The van der Waals surface area contributed by atoms with Crippen LogP contribution in [0.2, 0.25) is 0 Å². The van der Waals surface area contributed by atoms with Crippen LogP contribution in [0.4, 0.5) is 0 Å². The van der Waals surface area contributed by atoms with Gasteiger partial charge in [0, 0.05) is 25.9 Å². The van der Waals surface area contributed by atoms with Gasteiger partial charge < -0.3 is 54.6 Å². The molecule has 282 valence electrons. The zero-order chi connectivity index (χ0) is 38.3. The van der Waals surface area contributed by atoms with Crippen LogP contribution < -0.4 is 49.5 Å². The van der Waals surface area contributed by atoms with Crippen LogP contribution in [0.25, 0.3) is 10.8 Å². The molecule has 5 amide bonds. The molecule has 17 heteroatoms. The van der Waals surface area contributed by atoms with Crippen molar-refractivity contribution in [2.45, 2.75) is 62.7 Å². The van der Waals surface area contributed by atoms with E-state index in [2.05, 4.69) is 36.6 Å². The summed E-state index contributed by atoms with van der Waals surface area (Å²) < 4.78 is 0. The maximum Gasteiger partial charge on any atom is 0.243 e. The number of hydrogen-bond acceptors (Lipinski definition) is 8. The van der Waals surface area contributed by atoms with Crippen LogP contribution in [0.5, 0.6) is 5.75 Å². The van der Waals surface area contributed by atoms with Crippen LogP contribution in [0.1, 0.15) is 36.8 Å². The van der Waals surface area contributed by atoms with E-state index < -0.39 is 60.2 Å². The van der Waals surface area contributed by atoms with Crippen molar-refractivity contribution in [2.24, 2.45) is 32.9 Å². The average Bonchev–Trinajstić information content (AvgIpc) is 3.12. The van der Waals surface area contributed by atoms with Crippen molar-refractivity contribution >= 4 is 52.2 Å². The first-order chi connectivity index (χ1) is 25.4. The highest BCUT2D eigenvalue weighted by Crippen LogP contribution is 2.18. The first-order valence-electron chi connectivity index (χ1n) is 17.2. The van der Waals surface area contributed by atoms with Gasteiger partial charge in [-0.15, -0.1) is 0 Å². The molecule has 1 aliphatic heterocycles. The monoisotopic (exact) mass is 729 g/mol. The largest absolute Gasteiger partial charge is 0.508 e. The van der Waals surface area contributed by atoms with Crippen LogP contribution >= 0.6 is 0 Å². The van der Waals surface area contributed by atoms with Gasteiger partial charge in [0.1, 0.15) is 29.9 Å². The summed E-state index contributed by atoms with van der Waals surface area (Å²) in [7, 11) is 0. The first kappa shape index (κ1) is 39.4. The SMILES string of the molecule is NC(N)=NCCC[C@@H]1NC(=O)[C@H](CCCN=C(N)N)NC(=O)[C@@H](Cc2ccc3ccccc3c2)NC(=O)[C@H](Cc2ccc(O)cc2)NC(=O)CNC1=O. The topological polar surface area (TPSA) is 295 Å². The van der Waals surface area contributed by atoms with E-state index in [1.165, 1.54) is 12.1 Å². The number of phenols is 1. The van der Waals surface area contributed by atoms with Crippen molar-refractivity contribution in [2.75, 3.05) is 19.6 Å². The van der Waals surface area contributed by atoms with Crippen molar-refractivity contribution in [3.63, 3.8) is 0 Å². The van der Waals surface area contributed by atoms with Gasteiger partial charge in [-0.25, -0.2) is 0 Å². The lowest BCUT2D eigenvalue weighted by atomic mass is 9.99. The number of nitrogens with zero attached hydrogens (tertiary/aromatic N) is 2. The van der Waals surface area contributed by atoms with Gasteiger partial charge in [-0.05, 0) is 59.7 Å². The summed E-state index contributed by atoms with van der Waals surface area (Å²) in [4.78, 5) is 76.4. The molecule has 1 aliphatic rings.